The van der Waals surface area contributed by atoms with Crippen LogP contribution in [-0.2, 0) is 11.3 Å². The van der Waals surface area contributed by atoms with E-state index in [1.54, 1.807) is 6.20 Å². The molecule has 0 radical (unpaired) electrons. The van der Waals surface area contributed by atoms with Gasteiger partial charge in [-0.05, 0) is 13.3 Å². The minimum absolute atomic E-state index is 0.0885. The first-order chi connectivity index (χ1) is 6.97. The van der Waals surface area contributed by atoms with Gasteiger partial charge in [0.2, 0.25) is 5.91 Å². The molecule has 0 aliphatic carbocycles. The average Bonchev–Trinajstić information content (AvgIpc) is 2.60. The summed E-state index contributed by atoms with van der Waals surface area (Å²) in [4.78, 5) is 11.8. The van der Waals surface area contributed by atoms with Gasteiger partial charge in [-0.25, -0.2) is 0 Å². The van der Waals surface area contributed by atoms with Gasteiger partial charge in [-0.3, -0.25) is 9.89 Å². The number of carbonyl (C=O) groups excluding carboxylic acids is 1. The smallest absolute Gasteiger partial charge is 0.225 e. The standard InChI is InChI=1S/C11H19N3O/c1-5-11(3,4)10(15)12-6-9-7-13-14-8(9)2/h7H,5-6H2,1-4H3,(H,12,15)(H,13,14). The number of amides is 1. The summed E-state index contributed by atoms with van der Waals surface area (Å²) in [6.07, 6.45) is 2.58. The van der Waals surface area contributed by atoms with Gasteiger partial charge in [0.15, 0.2) is 0 Å². The largest absolute Gasteiger partial charge is 0.351 e. The number of hydrogen-bond donors (Lipinski definition) is 2. The third-order valence-corrected chi connectivity index (χ3v) is 2.87. The highest BCUT2D eigenvalue weighted by Crippen LogP contribution is 2.19. The Balaban J connectivity index is 2.52. The van der Waals surface area contributed by atoms with Crippen molar-refractivity contribution in [2.45, 2.75) is 40.7 Å². The zero-order valence-corrected chi connectivity index (χ0v) is 9.85. The molecular weight excluding hydrogens is 190 g/mol. The predicted octanol–water partition coefficient (Wildman–Crippen LogP) is 1.77. The molecule has 0 spiro atoms. The van der Waals surface area contributed by atoms with Gasteiger partial charge in [-0.2, -0.15) is 5.10 Å². The number of nitrogens with one attached hydrogen (secondary N) is 2. The van der Waals surface area contributed by atoms with Crippen LogP contribution in [0.25, 0.3) is 0 Å². The normalized spacial score (nSPS) is 11.5. The van der Waals surface area contributed by atoms with E-state index in [1.165, 1.54) is 0 Å². The Morgan fingerprint density at radius 1 is 1.60 bits per heavy atom. The molecule has 0 aliphatic rings. The van der Waals surface area contributed by atoms with E-state index in [4.69, 9.17) is 0 Å². The van der Waals surface area contributed by atoms with Gasteiger partial charge in [0, 0.05) is 23.2 Å². The van der Waals surface area contributed by atoms with Crippen molar-refractivity contribution in [1.82, 2.24) is 15.5 Å². The van der Waals surface area contributed by atoms with Crippen molar-refractivity contribution in [3.05, 3.63) is 17.5 Å². The van der Waals surface area contributed by atoms with Gasteiger partial charge in [0.25, 0.3) is 0 Å². The second kappa shape index (κ2) is 4.47. The summed E-state index contributed by atoms with van der Waals surface area (Å²) in [7, 11) is 0. The summed E-state index contributed by atoms with van der Waals surface area (Å²) in [5.41, 5.74) is 1.75. The van der Waals surface area contributed by atoms with E-state index < -0.39 is 0 Å². The number of H-pyrrole nitrogens is 1. The highest BCUT2D eigenvalue weighted by atomic mass is 16.2. The predicted molar refractivity (Wildman–Crippen MR) is 59.2 cm³/mol. The molecule has 1 rings (SSSR count). The van der Waals surface area contributed by atoms with Crippen LogP contribution < -0.4 is 5.32 Å². The lowest BCUT2D eigenvalue weighted by atomic mass is 9.89. The summed E-state index contributed by atoms with van der Waals surface area (Å²) in [6.45, 7) is 8.40. The molecule has 0 atom stereocenters. The summed E-state index contributed by atoms with van der Waals surface area (Å²) in [6, 6.07) is 0. The lowest BCUT2D eigenvalue weighted by Gasteiger charge is -2.21. The fraction of sp³-hybridized carbons (Fsp3) is 0.636. The number of rotatable bonds is 4. The molecular formula is C11H19N3O. The third kappa shape index (κ3) is 2.81. The van der Waals surface area contributed by atoms with Gasteiger partial charge < -0.3 is 5.32 Å². The van der Waals surface area contributed by atoms with Crippen LogP contribution in [0.2, 0.25) is 0 Å². The number of hydrogen-bond acceptors (Lipinski definition) is 2. The summed E-state index contributed by atoms with van der Waals surface area (Å²) < 4.78 is 0. The minimum Gasteiger partial charge on any atom is -0.351 e. The third-order valence-electron chi connectivity index (χ3n) is 2.87. The van der Waals surface area contributed by atoms with Crippen molar-refractivity contribution >= 4 is 5.91 Å². The van der Waals surface area contributed by atoms with E-state index in [2.05, 4.69) is 15.5 Å². The Bertz CT molecular complexity index is 341. The Morgan fingerprint density at radius 2 is 2.27 bits per heavy atom. The second-order valence-corrected chi connectivity index (χ2v) is 4.44. The molecule has 1 amide bonds. The lowest BCUT2D eigenvalue weighted by Crippen LogP contribution is -2.36. The average molecular weight is 209 g/mol. The highest BCUT2D eigenvalue weighted by Gasteiger charge is 2.24. The number of aromatic amines is 1. The van der Waals surface area contributed by atoms with E-state index in [0.29, 0.717) is 6.54 Å². The van der Waals surface area contributed by atoms with Gasteiger partial charge in [0.05, 0.1) is 6.20 Å². The Morgan fingerprint density at radius 3 is 2.73 bits per heavy atom. The molecule has 0 unspecified atom stereocenters. The molecule has 0 aliphatic heterocycles. The van der Waals surface area contributed by atoms with E-state index in [0.717, 1.165) is 17.7 Å². The first kappa shape index (κ1) is 11.8. The number of carbonyl (C=O) groups is 1. The quantitative estimate of drug-likeness (QED) is 0.794. The van der Waals surface area contributed by atoms with Crippen LogP contribution in [0.5, 0.6) is 0 Å². The van der Waals surface area contributed by atoms with Crippen LogP contribution in [0.4, 0.5) is 0 Å². The highest BCUT2D eigenvalue weighted by molar-refractivity contribution is 5.81. The number of nitrogens with zero attached hydrogens (tertiary/aromatic N) is 1. The van der Waals surface area contributed by atoms with E-state index in [-0.39, 0.29) is 11.3 Å². The molecule has 2 N–H and O–H groups in total. The zero-order valence-electron chi connectivity index (χ0n) is 9.85. The molecule has 0 saturated carbocycles. The second-order valence-electron chi connectivity index (χ2n) is 4.44. The van der Waals surface area contributed by atoms with Gasteiger partial charge in [-0.1, -0.05) is 20.8 Å². The van der Waals surface area contributed by atoms with Crippen LogP contribution in [0.15, 0.2) is 6.20 Å². The van der Waals surface area contributed by atoms with Crippen LogP contribution in [0, 0.1) is 12.3 Å². The monoisotopic (exact) mass is 209 g/mol. The van der Waals surface area contributed by atoms with Crippen molar-refractivity contribution in [1.29, 1.82) is 0 Å². The van der Waals surface area contributed by atoms with Crippen molar-refractivity contribution in [3.8, 4) is 0 Å². The van der Waals surface area contributed by atoms with Crippen LogP contribution >= 0.6 is 0 Å². The maximum atomic E-state index is 11.8. The fourth-order valence-electron chi connectivity index (χ4n) is 1.13. The van der Waals surface area contributed by atoms with Crippen molar-refractivity contribution in [2.75, 3.05) is 0 Å². The Labute approximate surface area is 90.5 Å². The lowest BCUT2D eigenvalue weighted by molar-refractivity contribution is -0.129. The van der Waals surface area contributed by atoms with Crippen molar-refractivity contribution in [2.24, 2.45) is 5.41 Å². The number of aromatic nitrogens is 2. The molecule has 1 aromatic rings. The van der Waals surface area contributed by atoms with Crippen molar-refractivity contribution in [3.63, 3.8) is 0 Å². The summed E-state index contributed by atoms with van der Waals surface area (Å²) in [5.74, 6) is 0.0885. The van der Waals surface area contributed by atoms with Gasteiger partial charge in [0.1, 0.15) is 0 Å². The molecule has 0 fully saturated rings. The minimum atomic E-state index is -0.294. The van der Waals surface area contributed by atoms with Crippen LogP contribution in [-0.4, -0.2) is 16.1 Å². The Kier molecular flexibility index (Phi) is 3.50. The summed E-state index contributed by atoms with van der Waals surface area (Å²) in [5, 5.41) is 9.67. The molecule has 1 heterocycles. The van der Waals surface area contributed by atoms with Gasteiger partial charge in [-0.15, -0.1) is 0 Å². The fourth-order valence-corrected chi connectivity index (χ4v) is 1.13. The molecule has 4 nitrogen and oxygen atoms in total. The molecule has 4 heteroatoms. The molecule has 0 saturated heterocycles. The molecule has 1 aromatic heterocycles. The Hall–Kier alpha value is -1.32. The number of aryl methyl sites for hydroxylation is 1. The van der Waals surface area contributed by atoms with Gasteiger partial charge >= 0.3 is 0 Å². The summed E-state index contributed by atoms with van der Waals surface area (Å²) >= 11 is 0. The van der Waals surface area contributed by atoms with E-state index in [9.17, 15) is 4.79 Å². The van der Waals surface area contributed by atoms with E-state index in [1.807, 2.05) is 27.7 Å². The molecule has 0 aromatic carbocycles. The maximum Gasteiger partial charge on any atom is 0.225 e. The molecule has 84 valence electrons. The van der Waals surface area contributed by atoms with Crippen LogP contribution in [0.1, 0.15) is 38.4 Å². The SMILES string of the molecule is CCC(C)(C)C(=O)NCc1cn[nH]c1C. The zero-order chi connectivity index (χ0) is 11.5. The first-order valence-corrected chi connectivity index (χ1v) is 5.24. The molecule has 15 heavy (non-hydrogen) atoms. The topological polar surface area (TPSA) is 57.8 Å². The first-order valence-electron chi connectivity index (χ1n) is 5.24. The van der Waals surface area contributed by atoms with Crippen LogP contribution in [0.3, 0.4) is 0 Å². The maximum absolute atomic E-state index is 11.8. The van der Waals surface area contributed by atoms with Crippen molar-refractivity contribution < 1.29 is 4.79 Å². The molecule has 0 bridgehead atoms. The van der Waals surface area contributed by atoms with E-state index >= 15 is 0 Å².